The summed E-state index contributed by atoms with van der Waals surface area (Å²) in [5.74, 6) is 1.66. The van der Waals surface area contributed by atoms with Crippen LogP contribution in [0.25, 0.3) is 0 Å². The van der Waals surface area contributed by atoms with Gasteiger partial charge in [0, 0.05) is 36.8 Å². The maximum atomic E-state index is 5.40. The first kappa shape index (κ1) is 15.0. The van der Waals surface area contributed by atoms with Gasteiger partial charge in [0.2, 0.25) is 0 Å². The van der Waals surface area contributed by atoms with E-state index in [2.05, 4.69) is 42.7 Å². The van der Waals surface area contributed by atoms with Crippen LogP contribution in [0.1, 0.15) is 56.7 Å². The van der Waals surface area contributed by atoms with Gasteiger partial charge >= 0.3 is 0 Å². The van der Waals surface area contributed by atoms with Crippen molar-refractivity contribution in [1.29, 1.82) is 0 Å². The molecule has 0 aliphatic carbocycles. The highest BCUT2D eigenvalue weighted by atomic mass is 16.5. The first-order valence-electron chi connectivity index (χ1n) is 8.41. The minimum atomic E-state index is 0.395. The molecule has 1 aromatic rings. The van der Waals surface area contributed by atoms with E-state index >= 15 is 0 Å². The Hall–Kier alpha value is -0.870. The Morgan fingerprint density at radius 3 is 2.57 bits per heavy atom. The molecule has 2 fully saturated rings. The molecule has 118 valence electrons. The fraction of sp³-hybridized carbons (Fsp3) is 0.824. The summed E-state index contributed by atoms with van der Waals surface area (Å²) in [5, 5.41) is 4.16. The van der Waals surface area contributed by atoms with Crippen molar-refractivity contribution >= 4 is 0 Å². The van der Waals surface area contributed by atoms with Gasteiger partial charge in [0.15, 0.2) is 0 Å². The maximum Gasteiger partial charge on any atom is 0.138 e. The Labute approximate surface area is 128 Å². The quantitative estimate of drug-likeness (QED) is 0.856. The number of hydrogen-bond acceptors (Lipinski definition) is 4. The zero-order valence-electron chi connectivity index (χ0n) is 14.1. The van der Waals surface area contributed by atoms with E-state index in [0.717, 1.165) is 17.5 Å². The van der Waals surface area contributed by atoms with Crippen LogP contribution in [-0.2, 0) is 0 Å². The van der Waals surface area contributed by atoms with E-state index in [-0.39, 0.29) is 0 Å². The molecular formula is C17H29N3O. The van der Waals surface area contributed by atoms with E-state index in [0.29, 0.717) is 18.0 Å². The standard InChI is InChI=1S/C17H29N3O/c1-11(2)16-10-19-8-6-7-15(19)9-20(16)13(4)17-12(3)18-21-14(17)5/h11,13,15-16H,6-10H2,1-5H3. The molecule has 0 aromatic carbocycles. The van der Waals surface area contributed by atoms with Crippen molar-refractivity contribution < 1.29 is 4.52 Å². The SMILES string of the molecule is Cc1noc(C)c1C(C)N1CC2CCCN2CC1C(C)C. The summed E-state index contributed by atoms with van der Waals surface area (Å²) in [6.07, 6.45) is 2.72. The van der Waals surface area contributed by atoms with Crippen molar-refractivity contribution in [2.75, 3.05) is 19.6 Å². The zero-order valence-corrected chi connectivity index (χ0v) is 14.1. The fourth-order valence-electron chi connectivity index (χ4n) is 4.36. The number of piperazine rings is 1. The third-order valence-electron chi connectivity index (χ3n) is 5.54. The predicted molar refractivity (Wildman–Crippen MR) is 84.3 cm³/mol. The van der Waals surface area contributed by atoms with E-state index in [1.165, 1.54) is 38.0 Å². The maximum absolute atomic E-state index is 5.40. The number of aryl methyl sites for hydroxylation is 2. The molecule has 0 spiro atoms. The molecule has 2 aliphatic rings. The van der Waals surface area contributed by atoms with Gasteiger partial charge in [-0.2, -0.15) is 0 Å². The van der Waals surface area contributed by atoms with E-state index in [1.807, 2.05) is 6.92 Å². The van der Waals surface area contributed by atoms with Crippen molar-refractivity contribution in [2.45, 2.75) is 65.6 Å². The van der Waals surface area contributed by atoms with Crippen LogP contribution in [0.5, 0.6) is 0 Å². The first-order valence-corrected chi connectivity index (χ1v) is 8.41. The fourth-order valence-corrected chi connectivity index (χ4v) is 4.36. The van der Waals surface area contributed by atoms with Gasteiger partial charge in [-0.05, 0) is 46.1 Å². The Morgan fingerprint density at radius 1 is 1.19 bits per heavy atom. The second-order valence-electron chi connectivity index (χ2n) is 7.21. The van der Waals surface area contributed by atoms with Crippen molar-refractivity contribution in [3.8, 4) is 0 Å². The molecule has 0 bridgehead atoms. The van der Waals surface area contributed by atoms with Crippen LogP contribution in [0.2, 0.25) is 0 Å². The smallest absolute Gasteiger partial charge is 0.138 e. The van der Waals surface area contributed by atoms with Crippen LogP contribution in [0.15, 0.2) is 4.52 Å². The van der Waals surface area contributed by atoms with E-state index in [9.17, 15) is 0 Å². The lowest BCUT2D eigenvalue weighted by atomic mass is 9.93. The first-order chi connectivity index (χ1) is 9.99. The molecule has 0 radical (unpaired) electrons. The zero-order chi connectivity index (χ0) is 15.1. The van der Waals surface area contributed by atoms with Crippen LogP contribution < -0.4 is 0 Å². The van der Waals surface area contributed by atoms with Crippen molar-refractivity contribution in [2.24, 2.45) is 5.92 Å². The Balaban J connectivity index is 1.87. The molecule has 4 nitrogen and oxygen atoms in total. The number of hydrogen-bond donors (Lipinski definition) is 0. The molecule has 21 heavy (non-hydrogen) atoms. The summed E-state index contributed by atoms with van der Waals surface area (Å²) >= 11 is 0. The van der Waals surface area contributed by atoms with Crippen LogP contribution in [-0.4, -0.2) is 46.7 Å². The van der Waals surface area contributed by atoms with Crippen LogP contribution in [0.4, 0.5) is 0 Å². The lowest BCUT2D eigenvalue weighted by molar-refractivity contribution is 0.00358. The normalized spacial score (nSPS) is 29.0. The molecular weight excluding hydrogens is 262 g/mol. The highest BCUT2D eigenvalue weighted by Crippen LogP contribution is 2.35. The molecule has 0 N–H and O–H groups in total. The van der Waals surface area contributed by atoms with Gasteiger partial charge in [0.05, 0.1) is 5.69 Å². The molecule has 4 heteroatoms. The summed E-state index contributed by atoms with van der Waals surface area (Å²) in [4.78, 5) is 5.42. The molecule has 0 amide bonds. The third-order valence-corrected chi connectivity index (χ3v) is 5.54. The Kier molecular flexibility index (Phi) is 4.10. The molecule has 3 heterocycles. The van der Waals surface area contributed by atoms with Gasteiger partial charge in [-0.3, -0.25) is 9.80 Å². The molecule has 3 unspecified atom stereocenters. The largest absolute Gasteiger partial charge is 0.361 e. The minimum Gasteiger partial charge on any atom is -0.361 e. The van der Waals surface area contributed by atoms with Crippen molar-refractivity contribution in [1.82, 2.24) is 15.0 Å². The monoisotopic (exact) mass is 291 g/mol. The second kappa shape index (κ2) is 5.73. The highest BCUT2D eigenvalue weighted by Gasteiger charge is 2.40. The minimum absolute atomic E-state index is 0.395. The summed E-state index contributed by atoms with van der Waals surface area (Å²) in [5.41, 5.74) is 2.35. The average Bonchev–Trinajstić information content (AvgIpc) is 3.03. The predicted octanol–water partition coefficient (Wildman–Crippen LogP) is 3.16. The molecule has 3 atom stereocenters. The third kappa shape index (κ3) is 2.64. The highest BCUT2D eigenvalue weighted by molar-refractivity contribution is 5.25. The van der Waals surface area contributed by atoms with Gasteiger partial charge in [-0.25, -0.2) is 0 Å². The lowest BCUT2D eigenvalue weighted by Crippen LogP contribution is -2.58. The number of rotatable bonds is 3. The second-order valence-corrected chi connectivity index (χ2v) is 7.21. The van der Waals surface area contributed by atoms with E-state index in [4.69, 9.17) is 4.52 Å². The van der Waals surface area contributed by atoms with E-state index in [1.54, 1.807) is 0 Å². The molecule has 1 aromatic heterocycles. The lowest BCUT2D eigenvalue weighted by Gasteiger charge is -2.48. The average molecular weight is 291 g/mol. The topological polar surface area (TPSA) is 32.5 Å². The van der Waals surface area contributed by atoms with Crippen LogP contribution in [0.3, 0.4) is 0 Å². The van der Waals surface area contributed by atoms with Gasteiger partial charge in [0.1, 0.15) is 5.76 Å². The van der Waals surface area contributed by atoms with Gasteiger partial charge in [0.25, 0.3) is 0 Å². The van der Waals surface area contributed by atoms with Gasteiger partial charge in [-0.15, -0.1) is 0 Å². The summed E-state index contributed by atoms with van der Waals surface area (Å²) in [6, 6.07) is 1.78. The Bertz CT molecular complexity index is 477. The molecule has 2 aliphatic heterocycles. The number of nitrogens with zero attached hydrogens (tertiary/aromatic N) is 3. The van der Waals surface area contributed by atoms with E-state index < -0.39 is 0 Å². The summed E-state index contributed by atoms with van der Waals surface area (Å²) < 4.78 is 5.40. The molecule has 0 saturated carbocycles. The van der Waals surface area contributed by atoms with Gasteiger partial charge in [-0.1, -0.05) is 19.0 Å². The molecule has 3 rings (SSSR count). The summed E-state index contributed by atoms with van der Waals surface area (Å²) in [6.45, 7) is 14.8. The van der Waals surface area contributed by atoms with Crippen LogP contribution in [0, 0.1) is 19.8 Å². The number of fused-ring (bicyclic) bond motifs is 1. The number of aromatic nitrogens is 1. The summed E-state index contributed by atoms with van der Waals surface area (Å²) in [7, 11) is 0. The van der Waals surface area contributed by atoms with Crippen molar-refractivity contribution in [3.63, 3.8) is 0 Å². The van der Waals surface area contributed by atoms with Gasteiger partial charge < -0.3 is 4.52 Å². The van der Waals surface area contributed by atoms with Crippen LogP contribution >= 0.6 is 0 Å². The Morgan fingerprint density at radius 2 is 1.95 bits per heavy atom. The molecule has 2 saturated heterocycles. The van der Waals surface area contributed by atoms with Crippen molar-refractivity contribution in [3.05, 3.63) is 17.0 Å².